The van der Waals surface area contributed by atoms with Crippen molar-refractivity contribution in [3.05, 3.63) is 65.5 Å². The topological polar surface area (TPSA) is 48.4 Å². The van der Waals surface area contributed by atoms with Crippen LogP contribution in [0.25, 0.3) is 12.2 Å². The second-order valence-electron chi connectivity index (χ2n) is 7.37. The Labute approximate surface area is 191 Å². The summed E-state index contributed by atoms with van der Waals surface area (Å²) in [6, 6.07) is 12.6. The Hall–Kier alpha value is -2.01. The van der Waals surface area contributed by atoms with Crippen molar-refractivity contribution in [2.75, 3.05) is 13.7 Å². The first kappa shape index (κ1) is 29.0. The summed E-state index contributed by atoms with van der Waals surface area (Å²) in [6.45, 7) is 11.4. The van der Waals surface area contributed by atoms with E-state index in [1.165, 1.54) is 31.0 Å². The van der Waals surface area contributed by atoms with Crippen molar-refractivity contribution in [3.63, 3.8) is 0 Å². The highest BCUT2D eigenvalue weighted by molar-refractivity contribution is 5.69. The van der Waals surface area contributed by atoms with E-state index in [1.54, 1.807) is 0 Å². The lowest BCUT2D eigenvalue weighted by molar-refractivity contribution is -0.671. The predicted octanol–water partition coefficient (Wildman–Crippen LogP) is 6.30. The van der Waals surface area contributed by atoms with Gasteiger partial charge in [-0.2, -0.15) is 0 Å². The van der Waals surface area contributed by atoms with Crippen LogP contribution in [0.3, 0.4) is 0 Å². The van der Waals surface area contributed by atoms with Crippen LogP contribution >= 0.6 is 0 Å². The second kappa shape index (κ2) is 18.7. The lowest BCUT2D eigenvalue weighted by Crippen LogP contribution is -2.26. The zero-order valence-electron chi connectivity index (χ0n) is 20.8. The van der Waals surface area contributed by atoms with Crippen LogP contribution in [0.4, 0.5) is 0 Å². The second-order valence-corrected chi connectivity index (χ2v) is 7.37. The number of nitrogens with two attached hydrogens (primary N) is 1. The summed E-state index contributed by atoms with van der Waals surface area (Å²) in [7, 11) is 3.52. The van der Waals surface area contributed by atoms with Crippen molar-refractivity contribution in [2.45, 2.75) is 72.7 Å². The number of aromatic nitrogens is 1. The molecule has 0 bridgehead atoms. The summed E-state index contributed by atoms with van der Waals surface area (Å²) < 4.78 is 13.7. The number of rotatable bonds is 4. The molecular formula is C27H45N2O2+. The molecule has 1 aliphatic rings. The van der Waals surface area contributed by atoms with Gasteiger partial charge in [0.2, 0.25) is 0 Å². The molecule has 0 amide bonds. The molecule has 2 unspecified atom stereocenters. The summed E-state index contributed by atoms with van der Waals surface area (Å²) in [6.07, 6.45) is 13.0. The zero-order valence-corrected chi connectivity index (χ0v) is 20.8. The molecule has 3 rings (SSSR count). The van der Waals surface area contributed by atoms with Crippen LogP contribution in [0, 0.1) is 0 Å². The summed E-state index contributed by atoms with van der Waals surface area (Å²) in [5.74, 6) is 0. The first-order chi connectivity index (χ1) is 15.1. The molecule has 0 aliphatic carbocycles. The van der Waals surface area contributed by atoms with E-state index in [4.69, 9.17) is 9.47 Å². The summed E-state index contributed by atoms with van der Waals surface area (Å²) >= 11 is 0. The third-order valence-electron chi connectivity index (χ3n) is 4.16. The fourth-order valence-corrected chi connectivity index (χ4v) is 2.64. The van der Waals surface area contributed by atoms with Crippen LogP contribution in [0.5, 0.6) is 0 Å². The zero-order chi connectivity index (χ0) is 23.5. The molecule has 31 heavy (non-hydrogen) atoms. The fraction of sp³-hybridized carbons (Fsp3) is 0.519. The van der Waals surface area contributed by atoms with Gasteiger partial charge in [0.1, 0.15) is 7.05 Å². The lowest BCUT2D eigenvalue weighted by atomic mass is 10.1. The van der Waals surface area contributed by atoms with Gasteiger partial charge in [-0.15, -0.1) is 0 Å². The van der Waals surface area contributed by atoms with Crippen LogP contribution in [0.2, 0.25) is 0 Å². The first-order valence-electron chi connectivity index (χ1n) is 11.7. The van der Waals surface area contributed by atoms with Gasteiger partial charge in [-0.1, -0.05) is 83.9 Å². The van der Waals surface area contributed by atoms with E-state index < -0.39 is 0 Å². The van der Waals surface area contributed by atoms with Gasteiger partial charge in [0.25, 0.3) is 0 Å². The highest BCUT2D eigenvalue weighted by atomic mass is 16.7. The average Bonchev–Trinajstić information content (AvgIpc) is 2.81. The maximum atomic E-state index is 5.96. The Morgan fingerprint density at radius 3 is 1.84 bits per heavy atom. The minimum atomic E-state index is -0.221. The van der Waals surface area contributed by atoms with Crippen molar-refractivity contribution in [3.8, 4) is 0 Å². The molecule has 2 heterocycles. The van der Waals surface area contributed by atoms with Crippen molar-refractivity contribution >= 4 is 12.2 Å². The number of benzene rings is 1. The van der Waals surface area contributed by atoms with Crippen molar-refractivity contribution in [2.24, 2.45) is 12.8 Å². The minimum Gasteiger partial charge on any atom is -0.348 e. The molecule has 0 spiro atoms. The van der Waals surface area contributed by atoms with E-state index in [0.717, 1.165) is 25.0 Å². The van der Waals surface area contributed by atoms with Crippen molar-refractivity contribution in [1.29, 1.82) is 0 Å². The number of hydrogen-bond acceptors (Lipinski definition) is 3. The smallest absolute Gasteiger partial charge is 0.184 e. The maximum absolute atomic E-state index is 5.96. The molecule has 1 saturated heterocycles. The number of nitrogens with zero attached hydrogens (tertiary/aromatic N) is 1. The highest BCUT2D eigenvalue weighted by Crippen LogP contribution is 2.27. The SMILES string of the molecule is CCC.CCC.CCC1CCOC(c2ccc(/C=C/c3cc[n+](C)cc3)cc2)O1.CN. The van der Waals surface area contributed by atoms with Crippen LogP contribution < -0.4 is 10.3 Å². The molecule has 1 aromatic carbocycles. The third kappa shape index (κ3) is 12.4. The predicted molar refractivity (Wildman–Crippen MR) is 134 cm³/mol. The molecule has 4 heteroatoms. The summed E-state index contributed by atoms with van der Waals surface area (Å²) in [4.78, 5) is 0. The Kier molecular flexibility index (Phi) is 17.5. The summed E-state index contributed by atoms with van der Waals surface area (Å²) in [5, 5.41) is 0. The third-order valence-corrected chi connectivity index (χ3v) is 4.16. The fourth-order valence-electron chi connectivity index (χ4n) is 2.64. The van der Waals surface area contributed by atoms with Gasteiger partial charge in [0, 0.05) is 17.7 Å². The van der Waals surface area contributed by atoms with Gasteiger partial charge < -0.3 is 15.2 Å². The molecule has 0 radical (unpaired) electrons. The Morgan fingerprint density at radius 2 is 1.35 bits per heavy atom. The van der Waals surface area contributed by atoms with E-state index >= 15 is 0 Å². The molecular weight excluding hydrogens is 384 g/mol. The molecule has 1 aliphatic heterocycles. The van der Waals surface area contributed by atoms with E-state index in [-0.39, 0.29) is 6.29 Å². The van der Waals surface area contributed by atoms with Gasteiger partial charge in [-0.25, -0.2) is 4.57 Å². The van der Waals surface area contributed by atoms with Crippen LogP contribution in [-0.4, -0.2) is 19.8 Å². The molecule has 1 aromatic heterocycles. The summed E-state index contributed by atoms with van der Waals surface area (Å²) in [5.41, 5.74) is 7.95. The molecule has 4 nitrogen and oxygen atoms in total. The van der Waals surface area contributed by atoms with Crippen molar-refractivity contribution in [1.82, 2.24) is 0 Å². The Morgan fingerprint density at radius 1 is 0.871 bits per heavy atom. The largest absolute Gasteiger partial charge is 0.348 e. The quantitative estimate of drug-likeness (QED) is 0.580. The maximum Gasteiger partial charge on any atom is 0.184 e. The molecule has 2 N–H and O–H groups in total. The Balaban J connectivity index is 0.000000991. The van der Waals surface area contributed by atoms with E-state index in [2.05, 4.69) is 88.9 Å². The number of aryl methyl sites for hydroxylation is 1. The van der Waals surface area contributed by atoms with Gasteiger partial charge in [-0.3, -0.25) is 0 Å². The first-order valence-corrected chi connectivity index (χ1v) is 11.7. The monoisotopic (exact) mass is 429 g/mol. The molecule has 2 aromatic rings. The normalized spacial score (nSPS) is 17.4. The number of hydrogen-bond donors (Lipinski definition) is 1. The number of ether oxygens (including phenoxy) is 2. The van der Waals surface area contributed by atoms with Gasteiger partial charge in [0.05, 0.1) is 12.7 Å². The van der Waals surface area contributed by atoms with Gasteiger partial charge in [0.15, 0.2) is 18.7 Å². The van der Waals surface area contributed by atoms with E-state index in [0.29, 0.717) is 6.10 Å². The van der Waals surface area contributed by atoms with E-state index in [9.17, 15) is 0 Å². The van der Waals surface area contributed by atoms with Gasteiger partial charge in [-0.05, 0) is 31.0 Å². The number of pyridine rings is 1. The Bertz CT molecular complexity index is 679. The van der Waals surface area contributed by atoms with Crippen LogP contribution in [-0.2, 0) is 16.5 Å². The molecule has 2 atom stereocenters. The van der Waals surface area contributed by atoms with Crippen LogP contribution in [0.1, 0.15) is 83.3 Å². The van der Waals surface area contributed by atoms with E-state index in [1.807, 2.05) is 24.0 Å². The molecule has 0 saturated carbocycles. The molecule has 174 valence electrons. The highest BCUT2D eigenvalue weighted by Gasteiger charge is 2.22. The average molecular weight is 430 g/mol. The van der Waals surface area contributed by atoms with Crippen molar-refractivity contribution < 1.29 is 14.0 Å². The van der Waals surface area contributed by atoms with Crippen LogP contribution in [0.15, 0.2) is 48.8 Å². The minimum absolute atomic E-state index is 0.221. The van der Waals surface area contributed by atoms with Gasteiger partial charge >= 0.3 is 0 Å². The lowest BCUT2D eigenvalue weighted by Gasteiger charge is -2.29. The molecule has 1 fully saturated rings. The standard InChI is InChI=1S/C20H24NO2.2C3H8.CH5N/c1-3-19-12-15-22-20(23-19)18-8-6-16(7-9-18)4-5-17-10-13-21(2)14-11-17;2*1-3-2;1-2/h4-11,13-14,19-20H,3,12,15H2,1-2H3;2*3H2,1-2H3;2H2,1H3/q+1;;;/b5-4+;;;.